The van der Waals surface area contributed by atoms with Crippen LogP contribution in [-0.4, -0.2) is 25.4 Å². The van der Waals surface area contributed by atoms with E-state index in [0.717, 1.165) is 10.8 Å². The fraction of sp³-hybridized carbons (Fsp3) is 0.158. The van der Waals surface area contributed by atoms with Crippen LogP contribution in [0.5, 0.6) is 11.5 Å². The molecule has 0 saturated heterocycles. The van der Waals surface area contributed by atoms with Crippen LogP contribution < -0.4 is 9.47 Å². The van der Waals surface area contributed by atoms with Crippen LogP contribution in [0.25, 0.3) is 21.9 Å². The molecule has 3 aromatic rings. The highest BCUT2D eigenvalue weighted by Gasteiger charge is 2.10. The predicted molar refractivity (Wildman–Crippen MR) is 88.5 cm³/mol. The second kappa shape index (κ2) is 6.50. The van der Waals surface area contributed by atoms with E-state index in [1.54, 1.807) is 7.11 Å². The van der Waals surface area contributed by atoms with E-state index >= 15 is 0 Å². The zero-order chi connectivity index (χ0) is 15.4. The van der Waals surface area contributed by atoms with Crippen molar-refractivity contribution in [2.75, 3.05) is 20.3 Å². The van der Waals surface area contributed by atoms with E-state index in [0.29, 0.717) is 11.5 Å². The first kappa shape index (κ1) is 14.4. The molecule has 3 heteroatoms. The average molecular weight is 294 g/mol. The molecule has 22 heavy (non-hydrogen) atoms. The number of fused-ring (bicyclic) bond motifs is 1. The van der Waals surface area contributed by atoms with Gasteiger partial charge in [-0.2, -0.15) is 0 Å². The van der Waals surface area contributed by atoms with Crippen LogP contribution in [0.2, 0.25) is 0 Å². The van der Waals surface area contributed by atoms with Crippen molar-refractivity contribution in [3.05, 3.63) is 60.7 Å². The lowest BCUT2D eigenvalue weighted by molar-refractivity contribution is 0.197. The fourth-order valence-electron chi connectivity index (χ4n) is 2.57. The summed E-state index contributed by atoms with van der Waals surface area (Å²) in [6, 6.07) is 20.4. The molecule has 0 fully saturated rings. The Morgan fingerprint density at radius 1 is 0.909 bits per heavy atom. The summed E-state index contributed by atoms with van der Waals surface area (Å²) in [5, 5.41) is 11.0. The Balaban J connectivity index is 2.07. The van der Waals surface area contributed by atoms with Crippen molar-refractivity contribution >= 4 is 10.8 Å². The molecule has 0 aliphatic carbocycles. The second-order valence-corrected chi connectivity index (χ2v) is 4.97. The number of hydrogen-bond donors (Lipinski definition) is 1. The Hall–Kier alpha value is -2.52. The third-order valence-electron chi connectivity index (χ3n) is 3.59. The molecule has 0 amide bonds. The molecule has 0 unspecified atom stereocenters. The van der Waals surface area contributed by atoms with E-state index in [1.165, 1.54) is 11.1 Å². The van der Waals surface area contributed by atoms with Gasteiger partial charge in [-0.3, -0.25) is 0 Å². The minimum Gasteiger partial charge on any atom is -0.492 e. The predicted octanol–water partition coefficient (Wildman–Crippen LogP) is 3.89. The number of aliphatic hydroxyl groups excluding tert-OH is 1. The molecule has 0 spiro atoms. The van der Waals surface area contributed by atoms with Gasteiger partial charge in [-0.15, -0.1) is 0 Å². The van der Waals surface area contributed by atoms with Gasteiger partial charge in [-0.05, 0) is 34.7 Å². The highest BCUT2D eigenvalue weighted by molar-refractivity contribution is 5.93. The summed E-state index contributed by atoms with van der Waals surface area (Å²) >= 11 is 0. The minimum absolute atomic E-state index is 0.0197. The number of ether oxygens (including phenoxy) is 2. The monoisotopic (exact) mass is 294 g/mol. The molecule has 0 atom stereocenters. The van der Waals surface area contributed by atoms with Crippen molar-refractivity contribution in [3.63, 3.8) is 0 Å². The minimum atomic E-state index is -0.0197. The van der Waals surface area contributed by atoms with E-state index in [9.17, 15) is 0 Å². The van der Waals surface area contributed by atoms with Crippen LogP contribution in [0.4, 0.5) is 0 Å². The molecule has 0 aliphatic rings. The summed E-state index contributed by atoms with van der Waals surface area (Å²) in [5.41, 5.74) is 2.35. The van der Waals surface area contributed by atoms with Gasteiger partial charge in [0.05, 0.1) is 13.7 Å². The van der Waals surface area contributed by atoms with Gasteiger partial charge in [-0.1, -0.05) is 42.5 Å². The van der Waals surface area contributed by atoms with Gasteiger partial charge in [0, 0.05) is 5.39 Å². The molecule has 3 nitrogen and oxygen atoms in total. The average Bonchev–Trinajstić information content (AvgIpc) is 2.59. The largest absolute Gasteiger partial charge is 0.492 e. The van der Waals surface area contributed by atoms with Crippen LogP contribution in [-0.2, 0) is 0 Å². The Bertz CT molecular complexity index is 766. The number of methoxy groups -OCH3 is 1. The lowest BCUT2D eigenvalue weighted by Gasteiger charge is -2.13. The molecule has 3 rings (SSSR count). The van der Waals surface area contributed by atoms with Crippen molar-refractivity contribution < 1.29 is 14.6 Å². The van der Waals surface area contributed by atoms with E-state index in [2.05, 4.69) is 24.3 Å². The van der Waals surface area contributed by atoms with Gasteiger partial charge < -0.3 is 14.6 Å². The van der Waals surface area contributed by atoms with Gasteiger partial charge >= 0.3 is 0 Å². The molecule has 0 aliphatic heterocycles. The molecule has 112 valence electrons. The molecule has 1 N–H and O–H groups in total. The van der Waals surface area contributed by atoms with E-state index < -0.39 is 0 Å². The Morgan fingerprint density at radius 3 is 2.45 bits per heavy atom. The zero-order valence-corrected chi connectivity index (χ0v) is 12.5. The first-order valence-electron chi connectivity index (χ1n) is 7.23. The quantitative estimate of drug-likeness (QED) is 0.776. The molecule has 0 heterocycles. The standard InChI is InChI=1S/C19H18O3/c1-21-19-17-9-7-15(14-5-3-2-4-6-14)13-16(17)8-10-18(19)22-12-11-20/h2-10,13,20H,11-12H2,1H3. The van der Waals surface area contributed by atoms with Crippen molar-refractivity contribution in [1.82, 2.24) is 0 Å². The summed E-state index contributed by atoms with van der Waals surface area (Å²) in [6.45, 7) is 0.234. The second-order valence-electron chi connectivity index (χ2n) is 4.97. The molecule has 0 saturated carbocycles. The van der Waals surface area contributed by atoms with Crippen LogP contribution in [0, 0.1) is 0 Å². The van der Waals surface area contributed by atoms with Gasteiger partial charge in [0.1, 0.15) is 6.61 Å². The number of rotatable bonds is 5. The number of benzene rings is 3. The van der Waals surface area contributed by atoms with Crippen LogP contribution in [0.1, 0.15) is 0 Å². The van der Waals surface area contributed by atoms with Crippen molar-refractivity contribution in [2.45, 2.75) is 0 Å². The maximum atomic E-state index is 8.90. The summed E-state index contributed by atoms with van der Waals surface area (Å²) in [6.07, 6.45) is 0. The first-order valence-corrected chi connectivity index (χ1v) is 7.23. The third-order valence-corrected chi connectivity index (χ3v) is 3.59. The maximum absolute atomic E-state index is 8.90. The van der Waals surface area contributed by atoms with Crippen molar-refractivity contribution in [2.24, 2.45) is 0 Å². The van der Waals surface area contributed by atoms with E-state index in [1.807, 2.05) is 36.4 Å². The normalized spacial score (nSPS) is 10.6. The highest BCUT2D eigenvalue weighted by atomic mass is 16.5. The summed E-state index contributed by atoms with van der Waals surface area (Å²) in [5.74, 6) is 1.35. The summed E-state index contributed by atoms with van der Waals surface area (Å²) < 4.78 is 11.0. The summed E-state index contributed by atoms with van der Waals surface area (Å²) in [4.78, 5) is 0. The Kier molecular flexibility index (Phi) is 4.26. The SMILES string of the molecule is COc1c(OCCO)ccc2cc(-c3ccccc3)ccc12. The van der Waals surface area contributed by atoms with Crippen molar-refractivity contribution in [1.29, 1.82) is 0 Å². The first-order chi connectivity index (χ1) is 10.8. The van der Waals surface area contributed by atoms with Crippen molar-refractivity contribution in [3.8, 4) is 22.6 Å². The Morgan fingerprint density at radius 2 is 1.73 bits per heavy atom. The van der Waals surface area contributed by atoms with Gasteiger partial charge in [0.25, 0.3) is 0 Å². The lowest BCUT2D eigenvalue weighted by atomic mass is 10.0. The van der Waals surface area contributed by atoms with Gasteiger partial charge in [0.15, 0.2) is 11.5 Å². The fourth-order valence-corrected chi connectivity index (χ4v) is 2.57. The van der Waals surface area contributed by atoms with Gasteiger partial charge in [0.2, 0.25) is 0 Å². The van der Waals surface area contributed by atoms with E-state index in [4.69, 9.17) is 14.6 Å². The van der Waals surface area contributed by atoms with Crippen LogP contribution in [0.3, 0.4) is 0 Å². The molecular formula is C19H18O3. The highest BCUT2D eigenvalue weighted by Crippen LogP contribution is 2.37. The maximum Gasteiger partial charge on any atom is 0.168 e. The third kappa shape index (κ3) is 2.76. The van der Waals surface area contributed by atoms with Crippen LogP contribution >= 0.6 is 0 Å². The van der Waals surface area contributed by atoms with Gasteiger partial charge in [-0.25, -0.2) is 0 Å². The molecule has 0 radical (unpaired) electrons. The molecule has 0 bridgehead atoms. The number of hydrogen-bond acceptors (Lipinski definition) is 3. The smallest absolute Gasteiger partial charge is 0.168 e. The van der Waals surface area contributed by atoms with E-state index in [-0.39, 0.29) is 13.2 Å². The zero-order valence-electron chi connectivity index (χ0n) is 12.5. The topological polar surface area (TPSA) is 38.7 Å². The molecular weight excluding hydrogens is 276 g/mol. The Labute approximate surface area is 129 Å². The molecule has 0 aromatic heterocycles. The molecule has 3 aromatic carbocycles. The summed E-state index contributed by atoms with van der Waals surface area (Å²) in [7, 11) is 1.63. The number of aliphatic hydroxyl groups is 1. The lowest BCUT2D eigenvalue weighted by Crippen LogP contribution is -2.03. The van der Waals surface area contributed by atoms with Crippen LogP contribution in [0.15, 0.2) is 60.7 Å².